The molecule has 0 bridgehead atoms. The van der Waals surface area contributed by atoms with Crippen LogP contribution in [0, 0.1) is 0 Å². The van der Waals surface area contributed by atoms with E-state index in [0.717, 1.165) is 44.7 Å². The van der Waals surface area contributed by atoms with E-state index in [4.69, 9.17) is 16.6 Å². The number of halogens is 1. The molecule has 1 aliphatic heterocycles. The number of carbonyl (C=O) groups excluding carboxylic acids is 1. The van der Waals surface area contributed by atoms with Gasteiger partial charge in [0.2, 0.25) is 0 Å². The van der Waals surface area contributed by atoms with Crippen LogP contribution in [0.2, 0.25) is 0 Å². The summed E-state index contributed by atoms with van der Waals surface area (Å²) in [4.78, 5) is 13.4. The number of nitrogens with zero attached hydrogens (tertiary/aromatic N) is 1. The number of fused-ring (bicyclic) bond motifs is 1. The standard InChI is InChI=1S/C21H24ClNO3/c22-26-21(24)11-13-23-12-10-18-15-20(9-8-19(18)16-23)25-14-4-7-17-5-2-1-3-6-17/h1-3,5-6,8-9,15H,4,7,10-14,16H2. The van der Waals surface area contributed by atoms with E-state index in [1.54, 1.807) is 0 Å². The number of aryl methyl sites for hydroxylation is 1. The Morgan fingerprint density at radius 1 is 1.12 bits per heavy atom. The molecule has 3 rings (SSSR count). The van der Waals surface area contributed by atoms with Crippen molar-refractivity contribution in [2.45, 2.75) is 32.2 Å². The fourth-order valence-electron chi connectivity index (χ4n) is 3.27. The third kappa shape index (κ3) is 5.48. The summed E-state index contributed by atoms with van der Waals surface area (Å²) in [6.07, 6.45) is 3.32. The Morgan fingerprint density at radius 3 is 2.77 bits per heavy atom. The molecule has 138 valence electrons. The van der Waals surface area contributed by atoms with Gasteiger partial charge >= 0.3 is 5.97 Å². The third-order valence-electron chi connectivity index (χ3n) is 4.71. The van der Waals surface area contributed by atoms with Crippen LogP contribution in [0.1, 0.15) is 29.5 Å². The van der Waals surface area contributed by atoms with Crippen LogP contribution in [0.5, 0.6) is 5.75 Å². The van der Waals surface area contributed by atoms with E-state index in [9.17, 15) is 4.79 Å². The van der Waals surface area contributed by atoms with Crippen molar-refractivity contribution in [1.82, 2.24) is 4.90 Å². The van der Waals surface area contributed by atoms with Crippen LogP contribution in [0.3, 0.4) is 0 Å². The molecule has 0 radical (unpaired) electrons. The van der Waals surface area contributed by atoms with E-state index in [1.807, 2.05) is 12.1 Å². The molecule has 0 N–H and O–H groups in total. The van der Waals surface area contributed by atoms with Crippen LogP contribution in [0.25, 0.3) is 0 Å². The molecule has 0 saturated carbocycles. The SMILES string of the molecule is O=C(CCN1CCc2cc(OCCCc3ccccc3)ccc2C1)OCl. The van der Waals surface area contributed by atoms with E-state index in [0.29, 0.717) is 13.0 Å². The maximum atomic E-state index is 11.2. The molecule has 2 aromatic rings. The van der Waals surface area contributed by atoms with Gasteiger partial charge in [-0.3, -0.25) is 9.69 Å². The Morgan fingerprint density at radius 2 is 1.96 bits per heavy atom. The Kier molecular flexibility index (Phi) is 6.92. The van der Waals surface area contributed by atoms with Gasteiger partial charge in [-0.2, -0.15) is 0 Å². The van der Waals surface area contributed by atoms with Gasteiger partial charge < -0.3 is 9.03 Å². The normalized spacial score (nSPS) is 13.9. The minimum Gasteiger partial charge on any atom is -0.494 e. The van der Waals surface area contributed by atoms with Crippen LogP contribution >= 0.6 is 11.9 Å². The van der Waals surface area contributed by atoms with E-state index < -0.39 is 0 Å². The molecule has 0 unspecified atom stereocenters. The van der Waals surface area contributed by atoms with Crippen molar-refractivity contribution in [1.29, 1.82) is 0 Å². The third-order valence-corrected chi connectivity index (χ3v) is 4.88. The summed E-state index contributed by atoms with van der Waals surface area (Å²) in [7, 11) is 0. The Labute approximate surface area is 159 Å². The zero-order valence-electron chi connectivity index (χ0n) is 14.8. The van der Waals surface area contributed by atoms with Gasteiger partial charge in [0.05, 0.1) is 13.0 Å². The fraction of sp³-hybridized carbons (Fsp3) is 0.381. The average molecular weight is 374 g/mol. The molecule has 26 heavy (non-hydrogen) atoms. The van der Waals surface area contributed by atoms with Crippen molar-refractivity contribution in [3.63, 3.8) is 0 Å². The van der Waals surface area contributed by atoms with Gasteiger partial charge in [-0.05, 0) is 48.1 Å². The molecular formula is C21H24ClNO3. The molecule has 0 spiro atoms. The van der Waals surface area contributed by atoms with Crippen LogP contribution in [0.4, 0.5) is 0 Å². The van der Waals surface area contributed by atoms with Crippen molar-refractivity contribution in [3.05, 3.63) is 65.2 Å². The summed E-state index contributed by atoms with van der Waals surface area (Å²) in [5.74, 6) is 0.563. The Bertz CT molecular complexity index is 720. The van der Waals surface area contributed by atoms with Crippen LogP contribution in [-0.2, 0) is 28.5 Å². The first-order chi connectivity index (χ1) is 12.7. The van der Waals surface area contributed by atoms with Crippen LogP contribution in [-0.4, -0.2) is 30.6 Å². The lowest BCUT2D eigenvalue weighted by atomic mass is 9.99. The van der Waals surface area contributed by atoms with Gasteiger partial charge in [-0.1, -0.05) is 36.4 Å². The Balaban J connectivity index is 1.45. The summed E-state index contributed by atoms with van der Waals surface area (Å²) in [6, 6.07) is 16.8. The second-order valence-electron chi connectivity index (χ2n) is 6.59. The molecule has 0 amide bonds. The number of benzene rings is 2. The highest BCUT2D eigenvalue weighted by molar-refractivity contribution is 6.13. The molecule has 0 fully saturated rings. The summed E-state index contributed by atoms with van der Waals surface area (Å²) in [5, 5.41) is 0. The van der Waals surface area contributed by atoms with Crippen molar-refractivity contribution < 1.29 is 13.8 Å². The first-order valence-corrected chi connectivity index (χ1v) is 9.38. The molecule has 1 aliphatic rings. The molecule has 0 aliphatic carbocycles. The van der Waals surface area contributed by atoms with Gasteiger partial charge in [-0.25, -0.2) is 0 Å². The van der Waals surface area contributed by atoms with Crippen molar-refractivity contribution in [3.8, 4) is 5.75 Å². The minimum absolute atomic E-state index is 0.321. The molecule has 0 atom stereocenters. The monoisotopic (exact) mass is 373 g/mol. The van der Waals surface area contributed by atoms with E-state index in [1.165, 1.54) is 16.7 Å². The summed E-state index contributed by atoms with van der Waals surface area (Å²) >= 11 is 5.07. The van der Waals surface area contributed by atoms with Crippen LogP contribution < -0.4 is 4.74 Å². The van der Waals surface area contributed by atoms with Gasteiger partial charge in [0.25, 0.3) is 0 Å². The first-order valence-electron chi connectivity index (χ1n) is 9.07. The maximum absolute atomic E-state index is 11.2. The molecule has 0 saturated heterocycles. The maximum Gasteiger partial charge on any atom is 0.326 e. The quantitative estimate of drug-likeness (QED) is 0.652. The smallest absolute Gasteiger partial charge is 0.326 e. The number of ether oxygens (including phenoxy) is 1. The predicted octanol–water partition coefficient (Wildman–Crippen LogP) is 4.14. The van der Waals surface area contributed by atoms with E-state index in [2.05, 4.69) is 45.6 Å². The topological polar surface area (TPSA) is 38.8 Å². The number of rotatable bonds is 8. The van der Waals surface area contributed by atoms with Crippen molar-refractivity contribution >= 4 is 17.8 Å². The summed E-state index contributed by atoms with van der Waals surface area (Å²) in [6.45, 7) is 3.17. The fourth-order valence-corrected chi connectivity index (χ4v) is 3.34. The van der Waals surface area contributed by atoms with Gasteiger partial charge in [0, 0.05) is 19.6 Å². The lowest BCUT2D eigenvalue weighted by molar-refractivity contribution is -0.134. The zero-order valence-corrected chi connectivity index (χ0v) is 15.6. The van der Waals surface area contributed by atoms with E-state index >= 15 is 0 Å². The second kappa shape index (κ2) is 9.60. The largest absolute Gasteiger partial charge is 0.494 e. The molecule has 4 nitrogen and oxygen atoms in total. The van der Waals surface area contributed by atoms with Crippen molar-refractivity contribution in [2.75, 3.05) is 19.7 Å². The van der Waals surface area contributed by atoms with Gasteiger partial charge in [-0.15, -0.1) is 0 Å². The first kappa shape index (κ1) is 18.7. The molecule has 5 heteroatoms. The lowest BCUT2D eigenvalue weighted by Crippen LogP contribution is -2.32. The number of hydrogen-bond donors (Lipinski definition) is 0. The highest BCUT2D eigenvalue weighted by Gasteiger charge is 2.17. The minimum atomic E-state index is -0.378. The van der Waals surface area contributed by atoms with Crippen LogP contribution in [0.15, 0.2) is 48.5 Å². The second-order valence-corrected chi connectivity index (χ2v) is 6.75. The highest BCUT2D eigenvalue weighted by Crippen LogP contribution is 2.24. The predicted molar refractivity (Wildman–Crippen MR) is 102 cm³/mol. The average Bonchev–Trinajstić information content (AvgIpc) is 2.70. The summed E-state index contributed by atoms with van der Waals surface area (Å²) in [5.41, 5.74) is 3.98. The Hall–Kier alpha value is -2.04. The molecule has 1 heterocycles. The highest BCUT2D eigenvalue weighted by atomic mass is 35.5. The van der Waals surface area contributed by atoms with Gasteiger partial charge in [0.1, 0.15) is 17.6 Å². The zero-order chi connectivity index (χ0) is 18.2. The molecule has 2 aromatic carbocycles. The van der Waals surface area contributed by atoms with E-state index in [-0.39, 0.29) is 5.97 Å². The van der Waals surface area contributed by atoms with Crippen molar-refractivity contribution in [2.24, 2.45) is 0 Å². The van der Waals surface area contributed by atoms with Gasteiger partial charge in [0.15, 0.2) is 0 Å². The molecular weight excluding hydrogens is 350 g/mol. The summed E-state index contributed by atoms with van der Waals surface area (Å²) < 4.78 is 10.1. The molecule has 0 aromatic heterocycles. The number of carbonyl (C=O) groups is 1. The number of hydrogen-bond acceptors (Lipinski definition) is 4. The lowest BCUT2D eigenvalue weighted by Gasteiger charge is -2.28.